The molecule has 0 bridgehead atoms. The molecule has 3 aromatic heterocycles. The first kappa shape index (κ1) is 14.4. The first-order chi connectivity index (χ1) is 11.6. The Kier molecular flexibility index (Phi) is 3.28. The van der Waals surface area contributed by atoms with Crippen molar-refractivity contribution >= 4 is 38.8 Å². The summed E-state index contributed by atoms with van der Waals surface area (Å²) in [6.45, 7) is 0.260. The summed E-state index contributed by atoms with van der Waals surface area (Å²) in [5.41, 5.74) is 1.26. The molecule has 120 valence electrons. The molecule has 0 radical (unpaired) electrons. The van der Waals surface area contributed by atoms with Crippen LogP contribution in [0.1, 0.15) is 5.56 Å². The van der Waals surface area contributed by atoms with E-state index < -0.39 is 4.92 Å². The minimum absolute atomic E-state index is 0.111. The predicted molar refractivity (Wildman–Crippen MR) is 91.6 cm³/mol. The molecule has 4 rings (SSSR count). The monoisotopic (exact) mass is 341 g/mol. The third kappa shape index (κ3) is 2.31. The number of benzene rings is 1. The Balaban J connectivity index is 1.73. The van der Waals surface area contributed by atoms with E-state index in [-0.39, 0.29) is 23.7 Å². The maximum atomic E-state index is 11.8. The standard InChI is InChI=1S/C15H11N5O3S/c21-12-7-9(10-3-1-2-4-11(10)17-12)8-16-13-14(20(22)23)19-5-6-24-15(19)18-13/h1-7,16H,8H2,(H,17,21). The predicted octanol–water partition coefficient (Wildman–Crippen LogP) is 2.76. The van der Waals surface area contributed by atoms with Gasteiger partial charge in [0.15, 0.2) is 0 Å². The number of rotatable bonds is 4. The van der Waals surface area contributed by atoms with Crippen LogP contribution < -0.4 is 10.9 Å². The lowest BCUT2D eigenvalue weighted by atomic mass is 10.1. The fourth-order valence-corrected chi connectivity index (χ4v) is 3.38. The zero-order valence-electron chi connectivity index (χ0n) is 12.2. The van der Waals surface area contributed by atoms with Crippen molar-refractivity contribution in [1.82, 2.24) is 14.4 Å². The number of imidazole rings is 1. The number of thiazole rings is 1. The van der Waals surface area contributed by atoms with Crippen LogP contribution in [0.3, 0.4) is 0 Å². The van der Waals surface area contributed by atoms with E-state index in [1.165, 1.54) is 21.8 Å². The number of H-pyrrole nitrogens is 1. The second-order valence-corrected chi connectivity index (χ2v) is 6.03. The number of aromatic nitrogens is 3. The molecule has 0 saturated heterocycles. The van der Waals surface area contributed by atoms with Gasteiger partial charge in [-0.15, -0.1) is 0 Å². The topological polar surface area (TPSA) is 105 Å². The van der Waals surface area contributed by atoms with Crippen LogP contribution in [0.4, 0.5) is 11.6 Å². The summed E-state index contributed by atoms with van der Waals surface area (Å²) in [6, 6.07) is 8.90. The summed E-state index contributed by atoms with van der Waals surface area (Å²) >= 11 is 1.32. The summed E-state index contributed by atoms with van der Waals surface area (Å²) in [4.78, 5) is 30.2. The highest BCUT2D eigenvalue weighted by molar-refractivity contribution is 7.15. The lowest BCUT2D eigenvalue weighted by molar-refractivity contribution is -0.389. The molecule has 0 aliphatic rings. The highest BCUT2D eigenvalue weighted by Gasteiger charge is 2.23. The van der Waals surface area contributed by atoms with E-state index in [0.717, 1.165) is 16.5 Å². The number of nitrogens with one attached hydrogen (secondary N) is 2. The van der Waals surface area contributed by atoms with Gasteiger partial charge in [-0.3, -0.25) is 4.79 Å². The quantitative estimate of drug-likeness (QED) is 0.438. The van der Waals surface area contributed by atoms with E-state index in [1.807, 2.05) is 24.3 Å². The minimum Gasteiger partial charge on any atom is -0.359 e. The summed E-state index contributed by atoms with van der Waals surface area (Å²) in [5.74, 6) is 0.0802. The first-order valence-electron chi connectivity index (χ1n) is 7.08. The van der Waals surface area contributed by atoms with Crippen LogP contribution in [-0.2, 0) is 6.54 Å². The van der Waals surface area contributed by atoms with Crippen LogP contribution in [-0.4, -0.2) is 19.3 Å². The van der Waals surface area contributed by atoms with Gasteiger partial charge in [0.25, 0.3) is 4.96 Å². The van der Waals surface area contributed by atoms with E-state index in [9.17, 15) is 14.9 Å². The third-order valence-electron chi connectivity index (χ3n) is 3.69. The lowest BCUT2D eigenvalue weighted by Gasteiger charge is -2.07. The fourth-order valence-electron chi connectivity index (χ4n) is 2.67. The maximum absolute atomic E-state index is 11.8. The lowest BCUT2D eigenvalue weighted by Crippen LogP contribution is -2.10. The molecule has 0 unspecified atom stereocenters. The fraction of sp³-hybridized carbons (Fsp3) is 0.0667. The highest BCUT2D eigenvalue weighted by Crippen LogP contribution is 2.28. The van der Waals surface area contributed by atoms with Gasteiger partial charge in [-0.25, -0.2) is 0 Å². The van der Waals surface area contributed by atoms with Gasteiger partial charge in [-0.1, -0.05) is 29.5 Å². The van der Waals surface area contributed by atoms with E-state index in [4.69, 9.17) is 0 Å². The second-order valence-electron chi connectivity index (χ2n) is 5.15. The third-order valence-corrected chi connectivity index (χ3v) is 4.45. The van der Waals surface area contributed by atoms with Crippen molar-refractivity contribution in [2.24, 2.45) is 0 Å². The largest absolute Gasteiger partial charge is 0.372 e. The van der Waals surface area contributed by atoms with Crippen molar-refractivity contribution in [3.05, 3.63) is 67.9 Å². The zero-order valence-corrected chi connectivity index (χ0v) is 13.0. The van der Waals surface area contributed by atoms with Gasteiger partial charge in [0, 0.05) is 28.9 Å². The average molecular weight is 341 g/mol. The van der Waals surface area contributed by atoms with E-state index in [0.29, 0.717) is 4.96 Å². The number of hydrogen-bond acceptors (Lipinski definition) is 6. The molecule has 0 aliphatic heterocycles. The molecule has 0 spiro atoms. The van der Waals surface area contributed by atoms with E-state index >= 15 is 0 Å². The smallest absolute Gasteiger partial charge is 0.359 e. The van der Waals surface area contributed by atoms with E-state index in [1.54, 1.807) is 11.6 Å². The normalized spacial score (nSPS) is 11.2. The van der Waals surface area contributed by atoms with Crippen LogP contribution in [0.15, 0.2) is 46.7 Å². The highest BCUT2D eigenvalue weighted by atomic mass is 32.1. The van der Waals surface area contributed by atoms with Crippen molar-refractivity contribution in [3.8, 4) is 0 Å². The van der Waals surface area contributed by atoms with Crippen LogP contribution in [0.2, 0.25) is 0 Å². The zero-order chi connectivity index (χ0) is 16.7. The van der Waals surface area contributed by atoms with Gasteiger partial charge < -0.3 is 20.4 Å². The van der Waals surface area contributed by atoms with Gasteiger partial charge in [-0.05, 0) is 16.6 Å². The number of nitrogens with zero attached hydrogens (tertiary/aromatic N) is 3. The molecule has 3 heterocycles. The van der Waals surface area contributed by atoms with Crippen molar-refractivity contribution in [1.29, 1.82) is 0 Å². The van der Waals surface area contributed by atoms with Crippen molar-refractivity contribution < 1.29 is 4.92 Å². The van der Waals surface area contributed by atoms with Gasteiger partial charge in [0.1, 0.15) is 6.20 Å². The minimum atomic E-state index is -0.467. The first-order valence-corrected chi connectivity index (χ1v) is 7.96. The summed E-state index contributed by atoms with van der Waals surface area (Å²) in [7, 11) is 0. The maximum Gasteiger partial charge on any atom is 0.372 e. The molecule has 0 fully saturated rings. The van der Waals surface area contributed by atoms with Crippen LogP contribution in [0, 0.1) is 10.1 Å². The number of hydrogen-bond donors (Lipinski definition) is 2. The summed E-state index contributed by atoms with van der Waals surface area (Å²) in [6.07, 6.45) is 1.61. The average Bonchev–Trinajstić information content (AvgIpc) is 3.12. The molecule has 9 heteroatoms. The summed E-state index contributed by atoms with van der Waals surface area (Å²) < 4.78 is 1.43. The number of para-hydroxylation sites is 1. The molecule has 1 aromatic carbocycles. The Hall–Kier alpha value is -3.20. The van der Waals surface area contributed by atoms with Crippen LogP contribution >= 0.6 is 11.3 Å². The number of nitro groups is 1. The van der Waals surface area contributed by atoms with Crippen molar-refractivity contribution in [2.45, 2.75) is 6.54 Å². The Bertz CT molecular complexity index is 1130. The second kappa shape index (κ2) is 5.46. The molecule has 0 aliphatic carbocycles. The van der Waals surface area contributed by atoms with Crippen molar-refractivity contribution in [2.75, 3.05) is 5.32 Å². The molecule has 0 saturated carbocycles. The van der Waals surface area contributed by atoms with E-state index in [2.05, 4.69) is 15.3 Å². The number of pyridine rings is 1. The van der Waals surface area contributed by atoms with Gasteiger partial charge in [0.2, 0.25) is 11.4 Å². The molecule has 2 N–H and O–H groups in total. The Morgan fingerprint density at radius 1 is 1.38 bits per heavy atom. The Morgan fingerprint density at radius 3 is 3.04 bits per heavy atom. The van der Waals surface area contributed by atoms with Gasteiger partial charge in [-0.2, -0.15) is 9.38 Å². The van der Waals surface area contributed by atoms with Gasteiger partial charge in [0.05, 0.1) is 0 Å². The Labute approximate surface area is 138 Å². The number of anilines is 1. The molecule has 8 nitrogen and oxygen atoms in total. The molecule has 0 atom stereocenters. The van der Waals surface area contributed by atoms with Gasteiger partial charge >= 0.3 is 5.82 Å². The van der Waals surface area contributed by atoms with Crippen LogP contribution in [0.5, 0.6) is 0 Å². The molecule has 24 heavy (non-hydrogen) atoms. The molecule has 4 aromatic rings. The molecular weight excluding hydrogens is 330 g/mol. The summed E-state index contributed by atoms with van der Waals surface area (Å²) in [5, 5.41) is 16.9. The van der Waals surface area contributed by atoms with Crippen molar-refractivity contribution in [3.63, 3.8) is 0 Å². The number of fused-ring (bicyclic) bond motifs is 2. The molecule has 0 amide bonds. The Morgan fingerprint density at radius 2 is 2.21 bits per heavy atom. The SMILES string of the molecule is O=c1cc(CNc2nc3sccn3c2[N+](=O)[O-])c2ccccc2[nH]1. The van der Waals surface area contributed by atoms with Crippen LogP contribution in [0.25, 0.3) is 15.9 Å². The molecular formula is C15H11N5O3S. The number of aromatic amines is 1.